The maximum Gasteiger partial charge on any atom is 0.163 e. The highest BCUT2D eigenvalue weighted by Gasteiger charge is 2.13. The molecule has 2 heteroatoms. The Balaban J connectivity index is 2.40. The zero-order chi connectivity index (χ0) is 13.8. The van der Waals surface area contributed by atoms with Crippen molar-refractivity contribution in [3.63, 3.8) is 0 Å². The fourth-order valence-electron chi connectivity index (χ4n) is 2.28. The van der Waals surface area contributed by atoms with Crippen molar-refractivity contribution < 1.29 is 9.53 Å². The summed E-state index contributed by atoms with van der Waals surface area (Å²) < 4.78 is 5.39. The van der Waals surface area contributed by atoms with Crippen molar-refractivity contribution in [1.29, 1.82) is 0 Å². The van der Waals surface area contributed by atoms with E-state index in [0.29, 0.717) is 11.3 Å². The topological polar surface area (TPSA) is 26.3 Å². The van der Waals surface area contributed by atoms with Crippen LogP contribution in [0.25, 0.3) is 0 Å². The van der Waals surface area contributed by atoms with Crippen LogP contribution in [0.5, 0.6) is 5.75 Å². The Morgan fingerprint density at radius 3 is 2.37 bits per heavy atom. The maximum atomic E-state index is 11.6. The highest BCUT2D eigenvalue weighted by Crippen LogP contribution is 2.28. The highest BCUT2D eigenvalue weighted by atomic mass is 16.5. The van der Waals surface area contributed by atoms with Crippen LogP contribution in [0.1, 0.15) is 34.0 Å². The van der Waals surface area contributed by atoms with E-state index in [1.807, 2.05) is 37.3 Å². The molecule has 98 valence electrons. The van der Waals surface area contributed by atoms with E-state index in [1.165, 1.54) is 11.1 Å². The Bertz CT molecular complexity index is 586. The van der Waals surface area contributed by atoms with E-state index in [4.69, 9.17) is 4.74 Å². The summed E-state index contributed by atoms with van der Waals surface area (Å²) in [4.78, 5) is 11.6. The van der Waals surface area contributed by atoms with Gasteiger partial charge in [0.05, 0.1) is 12.7 Å². The first-order chi connectivity index (χ1) is 9.13. The molecule has 0 N–H and O–H groups in total. The molecule has 0 unspecified atom stereocenters. The average Bonchev–Trinajstić information content (AvgIpc) is 2.41. The molecule has 0 saturated carbocycles. The number of rotatable bonds is 4. The number of carbonyl (C=O) groups is 1. The van der Waals surface area contributed by atoms with E-state index in [0.717, 1.165) is 12.0 Å². The van der Waals surface area contributed by atoms with Gasteiger partial charge in [0.1, 0.15) is 5.75 Å². The minimum Gasteiger partial charge on any atom is -0.496 e. The van der Waals surface area contributed by atoms with Crippen LogP contribution < -0.4 is 4.74 Å². The van der Waals surface area contributed by atoms with Crippen LogP contribution >= 0.6 is 0 Å². The van der Waals surface area contributed by atoms with Crippen LogP contribution in [0.4, 0.5) is 0 Å². The molecular weight excluding hydrogens is 236 g/mol. The molecule has 0 bridgehead atoms. The second kappa shape index (κ2) is 5.70. The molecule has 0 aliphatic heterocycles. The highest BCUT2D eigenvalue weighted by molar-refractivity contribution is 5.97. The number of ketones is 1. The minimum absolute atomic E-state index is 0.0335. The molecule has 2 aromatic carbocycles. The Morgan fingerprint density at radius 2 is 1.79 bits per heavy atom. The molecular formula is C17H18O2. The van der Waals surface area contributed by atoms with E-state index < -0.39 is 0 Å². The van der Waals surface area contributed by atoms with Gasteiger partial charge in [0.2, 0.25) is 0 Å². The van der Waals surface area contributed by atoms with Gasteiger partial charge in [0.15, 0.2) is 5.78 Å². The molecule has 0 radical (unpaired) electrons. The fourth-order valence-corrected chi connectivity index (χ4v) is 2.28. The Kier molecular flexibility index (Phi) is 4.00. The van der Waals surface area contributed by atoms with Crippen LogP contribution in [-0.4, -0.2) is 12.9 Å². The molecule has 0 heterocycles. The Labute approximate surface area is 114 Å². The van der Waals surface area contributed by atoms with Gasteiger partial charge in [-0.05, 0) is 43.0 Å². The van der Waals surface area contributed by atoms with Gasteiger partial charge in [-0.2, -0.15) is 0 Å². The summed E-state index contributed by atoms with van der Waals surface area (Å²) >= 11 is 0. The van der Waals surface area contributed by atoms with Crippen molar-refractivity contribution in [2.24, 2.45) is 0 Å². The van der Waals surface area contributed by atoms with Crippen molar-refractivity contribution >= 4 is 5.78 Å². The smallest absolute Gasteiger partial charge is 0.163 e. The standard InChI is InChI=1S/C17H18O2/c1-12-15(11-14-7-5-4-6-8-14)9-10-16(13(2)18)17(12)19-3/h4-10H,11H2,1-3H3. The molecule has 19 heavy (non-hydrogen) atoms. The van der Waals surface area contributed by atoms with Gasteiger partial charge >= 0.3 is 0 Å². The molecule has 0 saturated heterocycles. The number of Topliss-reactive ketones (excluding diaryl/α,β-unsaturated/α-hetero) is 1. The van der Waals surface area contributed by atoms with E-state index in [1.54, 1.807) is 14.0 Å². The zero-order valence-electron chi connectivity index (χ0n) is 11.6. The fraction of sp³-hybridized carbons (Fsp3) is 0.235. The maximum absolute atomic E-state index is 11.6. The minimum atomic E-state index is 0.0335. The normalized spacial score (nSPS) is 10.3. The molecule has 0 fully saturated rings. The largest absolute Gasteiger partial charge is 0.496 e. The van der Waals surface area contributed by atoms with E-state index in [2.05, 4.69) is 12.1 Å². The lowest BCUT2D eigenvalue weighted by molar-refractivity contribution is 0.101. The number of ether oxygens (including phenoxy) is 1. The summed E-state index contributed by atoms with van der Waals surface area (Å²) in [6, 6.07) is 14.1. The van der Waals surface area contributed by atoms with Gasteiger partial charge in [-0.25, -0.2) is 0 Å². The molecule has 0 atom stereocenters. The molecule has 0 amide bonds. The van der Waals surface area contributed by atoms with Crippen molar-refractivity contribution in [3.05, 3.63) is 64.7 Å². The first-order valence-electron chi connectivity index (χ1n) is 6.34. The van der Waals surface area contributed by atoms with Gasteiger partial charge in [-0.1, -0.05) is 36.4 Å². The molecule has 2 nitrogen and oxygen atoms in total. The molecule has 0 aliphatic carbocycles. The first-order valence-corrected chi connectivity index (χ1v) is 6.34. The van der Waals surface area contributed by atoms with Crippen molar-refractivity contribution in [1.82, 2.24) is 0 Å². The third-order valence-corrected chi connectivity index (χ3v) is 3.34. The molecule has 2 aromatic rings. The zero-order valence-corrected chi connectivity index (χ0v) is 11.6. The molecule has 0 aromatic heterocycles. The van der Waals surface area contributed by atoms with Crippen molar-refractivity contribution in [3.8, 4) is 5.75 Å². The van der Waals surface area contributed by atoms with Crippen LogP contribution in [0, 0.1) is 6.92 Å². The van der Waals surface area contributed by atoms with E-state index in [-0.39, 0.29) is 5.78 Å². The second-order valence-corrected chi connectivity index (χ2v) is 4.65. The average molecular weight is 254 g/mol. The number of carbonyl (C=O) groups excluding carboxylic acids is 1. The van der Waals surface area contributed by atoms with Gasteiger partial charge in [-0.3, -0.25) is 4.79 Å². The van der Waals surface area contributed by atoms with Crippen LogP contribution in [0.3, 0.4) is 0 Å². The van der Waals surface area contributed by atoms with Gasteiger partial charge in [0.25, 0.3) is 0 Å². The number of benzene rings is 2. The van der Waals surface area contributed by atoms with Crippen LogP contribution in [0.15, 0.2) is 42.5 Å². The third-order valence-electron chi connectivity index (χ3n) is 3.34. The summed E-state index contributed by atoms with van der Waals surface area (Å²) in [6.45, 7) is 3.57. The monoisotopic (exact) mass is 254 g/mol. The van der Waals surface area contributed by atoms with Gasteiger partial charge in [0, 0.05) is 0 Å². The van der Waals surface area contributed by atoms with Crippen LogP contribution in [-0.2, 0) is 6.42 Å². The van der Waals surface area contributed by atoms with Crippen molar-refractivity contribution in [2.75, 3.05) is 7.11 Å². The predicted molar refractivity (Wildman–Crippen MR) is 77.0 cm³/mol. The Morgan fingerprint density at radius 1 is 1.11 bits per heavy atom. The second-order valence-electron chi connectivity index (χ2n) is 4.65. The lowest BCUT2D eigenvalue weighted by Crippen LogP contribution is -2.02. The SMILES string of the molecule is COc1c(C(C)=O)ccc(Cc2ccccc2)c1C. The van der Waals surface area contributed by atoms with Crippen LogP contribution in [0.2, 0.25) is 0 Å². The number of hydrogen-bond acceptors (Lipinski definition) is 2. The van der Waals surface area contributed by atoms with Gasteiger partial charge < -0.3 is 4.74 Å². The lowest BCUT2D eigenvalue weighted by Gasteiger charge is -2.14. The molecule has 0 spiro atoms. The summed E-state index contributed by atoms with van der Waals surface area (Å²) in [5.41, 5.74) is 4.13. The summed E-state index contributed by atoms with van der Waals surface area (Å²) in [6.07, 6.45) is 0.848. The van der Waals surface area contributed by atoms with E-state index >= 15 is 0 Å². The number of hydrogen-bond donors (Lipinski definition) is 0. The summed E-state index contributed by atoms with van der Waals surface area (Å²) in [5, 5.41) is 0. The third kappa shape index (κ3) is 2.84. The van der Waals surface area contributed by atoms with Crippen molar-refractivity contribution in [2.45, 2.75) is 20.3 Å². The first kappa shape index (κ1) is 13.3. The predicted octanol–water partition coefficient (Wildman–Crippen LogP) is 3.80. The van der Waals surface area contributed by atoms with E-state index in [9.17, 15) is 4.79 Å². The quantitative estimate of drug-likeness (QED) is 0.776. The molecule has 0 aliphatic rings. The summed E-state index contributed by atoms with van der Waals surface area (Å²) in [7, 11) is 1.61. The lowest BCUT2D eigenvalue weighted by atomic mass is 9.96. The van der Waals surface area contributed by atoms with Gasteiger partial charge in [-0.15, -0.1) is 0 Å². The molecule has 2 rings (SSSR count). The number of methoxy groups -OCH3 is 1. The summed E-state index contributed by atoms with van der Waals surface area (Å²) in [5.74, 6) is 0.729. The Hall–Kier alpha value is -2.09.